The Morgan fingerprint density at radius 1 is 1.22 bits per heavy atom. The SMILES string of the molecule is CCc1cccc(N2C3CCCC2CC(=O)C3)c1. The number of hydrogen-bond acceptors (Lipinski definition) is 2. The Hall–Kier alpha value is -1.31. The van der Waals surface area contributed by atoms with Gasteiger partial charge in [-0.3, -0.25) is 4.79 Å². The van der Waals surface area contributed by atoms with E-state index in [2.05, 4.69) is 36.1 Å². The van der Waals surface area contributed by atoms with Crippen LogP contribution in [-0.4, -0.2) is 17.9 Å². The molecule has 2 saturated heterocycles. The molecule has 0 N–H and O–H groups in total. The standard InChI is InChI=1S/C16H21NO/c1-2-12-5-3-6-13(9-12)17-14-7-4-8-15(17)11-16(18)10-14/h3,5-6,9,14-15H,2,4,7-8,10-11H2,1H3. The van der Waals surface area contributed by atoms with Crippen molar-refractivity contribution in [1.29, 1.82) is 0 Å². The van der Waals surface area contributed by atoms with Crippen molar-refractivity contribution in [2.75, 3.05) is 4.90 Å². The molecule has 2 unspecified atom stereocenters. The van der Waals surface area contributed by atoms with Gasteiger partial charge in [0, 0.05) is 30.6 Å². The normalized spacial score (nSPS) is 27.4. The molecular formula is C16H21NO. The van der Waals surface area contributed by atoms with Gasteiger partial charge in [0.1, 0.15) is 5.78 Å². The zero-order valence-electron chi connectivity index (χ0n) is 11.1. The smallest absolute Gasteiger partial charge is 0.137 e. The van der Waals surface area contributed by atoms with Crippen LogP contribution in [0.25, 0.3) is 0 Å². The van der Waals surface area contributed by atoms with Gasteiger partial charge in [-0.15, -0.1) is 0 Å². The van der Waals surface area contributed by atoms with Gasteiger partial charge in [0.25, 0.3) is 0 Å². The first kappa shape index (κ1) is 11.8. The second kappa shape index (κ2) is 4.75. The van der Waals surface area contributed by atoms with E-state index in [1.165, 1.54) is 30.5 Å². The van der Waals surface area contributed by atoms with Gasteiger partial charge in [-0.25, -0.2) is 0 Å². The third-order valence-electron chi connectivity index (χ3n) is 4.41. The third-order valence-corrected chi connectivity index (χ3v) is 4.41. The van der Waals surface area contributed by atoms with Crippen molar-refractivity contribution in [2.45, 2.75) is 57.5 Å². The van der Waals surface area contributed by atoms with Gasteiger partial charge in [0.2, 0.25) is 0 Å². The molecule has 96 valence electrons. The van der Waals surface area contributed by atoms with Gasteiger partial charge in [0.05, 0.1) is 0 Å². The lowest BCUT2D eigenvalue weighted by atomic mass is 9.83. The first-order valence-electron chi connectivity index (χ1n) is 7.17. The van der Waals surface area contributed by atoms with E-state index < -0.39 is 0 Å². The number of carbonyl (C=O) groups excluding carboxylic acids is 1. The molecule has 1 aromatic carbocycles. The number of ketones is 1. The molecule has 2 atom stereocenters. The molecule has 2 aliphatic heterocycles. The maximum absolute atomic E-state index is 11.7. The van der Waals surface area contributed by atoms with Crippen LogP contribution in [-0.2, 0) is 11.2 Å². The van der Waals surface area contributed by atoms with Crippen molar-refractivity contribution in [3.8, 4) is 0 Å². The number of anilines is 1. The van der Waals surface area contributed by atoms with Crippen molar-refractivity contribution in [1.82, 2.24) is 0 Å². The van der Waals surface area contributed by atoms with Crippen LogP contribution in [0.5, 0.6) is 0 Å². The van der Waals surface area contributed by atoms with E-state index in [0.29, 0.717) is 17.9 Å². The van der Waals surface area contributed by atoms with Gasteiger partial charge in [0.15, 0.2) is 0 Å². The quantitative estimate of drug-likeness (QED) is 0.794. The summed E-state index contributed by atoms with van der Waals surface area (Å²) in [6.07, 6.45) is 6.24. The van der Waals surface area contributed by atoms with E-state index in [1.807, 2.05) is 0 Å². The molecule has 0 radical (unpaired) electrons. The Morgan fingerprint density at radius 3 is 2.61 bits per heavy atom. The summed E-state index contributed by atoms with van der Waals surface area (Å²) in [5.41, 5.74) is 2.72. The van der Waals surface area contributed by atoms with Gasteiger partial charge >= 0.3 is 0 Å². The van der Waals surface area contributed by atoms with Crippen LogP contribution in [0.3, 0.4) is 0 Å². The molecule has 2 nitrogen and oxygen atoms in total. The Bertz CT molecular complexity index is 438. The fourth-order valence-electron chi connectivity index (χ4n) is 3.53. The summed E-state index contributed by atoms with van der Waals surface area (Å²) in [6, 6.07) is 9.77. The zero-order valence-corrected chi connectivity index (χ0v) is 11.1. The Kier molecular flexibility index (Phi) is 3.11. The van der Waals surface area contributed by atoms with E-state index in [1.54, 1.807) is 0 Å². The fraction of sp³-hybridized carbons (Fsp3) is 0.562. The van der Waals surface area contributed by atoms with E-state index in [0.717, 1.165) is 19.3 Å². The van der Waals surface area contributed by atoms with Gasteiger partial charge < -0.3 is 4.90 Å². The van der Waals surface area contributed by atoms with Crippen LogP contribution in [0, 0.1) is 0 Å². The van der Waals surface area contributed by atoms with E-state index in [4.69, 9.17) is 0 Å². The number of benzene rings is 1. The lowest BCUT2D eigenvalue weighted by molar-refractivity contribution is -0.121. The van der Waals surface area contributed by atoms with Crippen LogP contribution in [0.2, 0.25) is 0 Å². The highest BCUT2D eigenvalue weighted by molar-refractivity contribution is 5.82. The number of piperidine rings is 2. The van der Waals surface area contributed by atoms with Crippen LogP contribution in [0.4, 0.5) is 5.69 Å². The van der Waals surface area contributed by atoms with Gasteiger partial charge in [-0.1, -0.05) is 19.1 Å². The molecule has 1 aromatic rings. The highest BCUT2D eigenvalue weighted by atomic mass is 16.1. The molecule has 0 amide bonds. The Labute approximate surface area is 109 Å². The number of rotatable bonds is 2. The second-order valence-corrected chi connectivity index (χ2v) is 5.62. The highest BCUT2D eigenvalue weighted by Crippen LogP contribution is 2.36. The van der Waals surface area contributed by atoms with Crippen LogP contribution in [0.15, 0.2) is 24.3 Å². The van der Waals surface area contributed by atoms with E-state index in [-0.39, 0.29) is 0 Å². The molecule has 3 rings (SSSR count). The first-order valence-corrected chi connectivity index (χ1v) is 7.17. The summed E-state index contributed by atoms with van der Waals surface area (Å²) in [7, 11) is 0. The third kappa shape index (κ3) is 2.05. The molecule has 2 heteroatoms. The predicted molar refractivity (Wildman–Crippen MR) is 74.0 cm³/mol. The number of aryl methyl sites for hydroxylation is 1. The van der Waals surface area contributed by atoms with Crippen molar-refractivity contribution < 1.29 is 4.79 Å². The van der Waals surface area contributed by atoms with Crippen molar-refractivity contribution in [3.05, 3.63) is 29.8 Å². The summed E-state index contributed by atoms with van der Waals surface area (Å²) in [4.78, 5) is 14.3. The molecular weight excluding hydrogens is 222 g/mol. The monoisotopic (exact) mass is 243 g/mol. The first-order chi connectivity index (χ1) is 8.78. The molecule has 2 heterocycles. The maximum Gasteiger partial charge on any atom is 0.137 e. The molecule has 0 aliphatic carbocycles. The van der Waals surface area contributed by atoms with Crippen LogP contribution in [0.1, 0.15) is 44.6 Å². The summed E-state index contributed by atoms with van der Waals surface area (Å²) in [5, 5.41) is 0. The number of fused-ring (bicyclic) bond motifs is 2. The minimum Gasteiger partial charge on any atom is -0.365 e. The van der Waals surface area contributed by atoms with E-state index >= 15 is 0 Å². The Balaban J connectivity index is 1.92. The molecule has 2 aliphatic rings. The molecule has 0 aromatic heterocycles. The second-order valence-electron chi connectivity index (χ2n) is 5.62. The maximum atomic E-state index is 11.7. The minimum absolute atomic E-state index is 0.456. The topological polar surface area (TPSA) is 20.3 Å². The lowest BCUT2D eigenvalue weighted by Crippen LogP contribution is -2.52. The summed E-state index contributed by atoms with van der Waals surface area (Å²) in [5.74, 6) is 0.465. The van der Waals surface area contributed by atoms with Crippen LogP contribution < -0.4 is 4.90 Å². The molecule has 2 bridgehead atoms. The molecule has 0 saturated carbocycles. The van der Waals surface area contributed by atoms with E-state index in [9.17, 15) is 4.79 Å². The highest BCUT2D eigenvalue weighted by Gasteiger charge is 2.37. The molecule has 18 heavy (non-hydrogen) atoms. The van der Waals surface area contributed by atoms with Gasteiger partial charge in [-0.2, -0.15) is 0 Å². The molecule has 0 spiro atoms. The van der Waals surface area contributed by atoms with Crippen molar-refractivity contribution in [2.24, 2.45) is 0 Å². The average Bonchev–Trinajstić information content (AvgIpc) is 2.37. The van der Waals surface area contributed by atoms with Crippen molar-refractivity contribution in [3.63, 3.8) is 0 Å². The Morgan fingerprint density at radius 2 is 1.94 bits per heavy atom. The summed E-state index contributed by atoms with van der Waals surface area (Å²) in [6.45, 7) is 2.19. The summed E-state index contributed by atoms with van der Waals surface area (Å²) >= 11 is 0. The van der Waals surface area contributed by atoms with Crippen molar-refractivity contribution >= 4 is 11.5 Å². The van der Waals surface area contributed by atoms with Crippen LogP contribution >= 0.6 is 0 Å². The fourth-order valence-corrected chi connectivity index (χ4v) is 3.53. The largest absolute Gasteiger partial charge is 0.365 e. The minimum atomic E-state index is 0.456. The average molecular weight is 243 g/mol. The number of carbonyl (C=O) groups is 1. The summed E-state index contributed by atoms with van der Waals surface area (Å²) < 4.78 is 0. The number of nitrogens with zero attached hydrogens (tertiary/aromatic N) is 1. The number of hydrogen-bond donors (Lipinski definition) is 0. The van der Waals surface area contributed by atoms with Gasteiger partial charge in [-0.05, 0) is 43.4 Å². The lowest BCUT2D eigenvalue weighted by Gasteiger charge is -2.47. The predicted octanol–water partition coefficient (Wildman–Crippen LogP) is 3.34. The molecule has 2 fully saturated rings. The zero-order chi connectivity index (χ0) is 12.5. The number of Topliss-reactive ketones (excluding diaryl/α,β-unsaturated/α-hetero) is 1.